The van der Waals surface area contributed by atoms with Gasteiger partial charge in [-0.3, -0.25) is 9.69 Å². The number of carbonyl (C=O) groups excluding carboxylic acids is 1. The van der Waals surface area contributed by atoms with Gasteiger partial charge in [0.2, 0.25) is 5.91 Å². The predicted molar refractivity (Wildman–Crippen MR) is 53.6 cm³/mol. The molecular formula is C10H14N2O. The van der Waals surface area contributed by atoms with Gasteiger partial charge in [-0.15, -0.1) is 6.58 Å². The Morgan fingerprint density at radius 2 is 2.46 bits per heavy atom. The molecule has 0 saturated heterocycles. The Hall–Kier alpha value is -1.51. The van der Waals surface area contributed by atoms with E-state index in [4.69, 9.17) is 0 Å². The van der Waals surface area contributed by atoms with Gasteiger partial charge in [0.1, 0.15) is 5.82 Å². The standard InChI is InChI=1S/C10H14N2O/c1-4-7-12(9(2)13)10-6-5-8-11(10)3/h4-6,8H,1,7H2,2-3H3. The van der Waals surface area contributed by atoms with E-state index in [1.165, 1.54) is 0 Å². The molecule has 13 heavy (non-hydrogen) atoms. The Morgan fingerprint density at radius 1 is 1.77 bits per heavy atom. The fraction of sp³-hybridized carbons (Fsp3) is 0.300. The van der Waals surface area contributed by atoms with Crippen molar-refractivity contribution in [2.45, 2.75) is 6.92 Å². The highest BCUT2D eigenvalue weighted by molar-refractivity contribution is 5.90. The second-order valence-corrected chi connectivity index (χ2v) is 2.90. The van der Waals surface area contributed by atoms with Gasteiger partial charge in [0.15, 0.2) is 0 Å². The fourth-order valence-corrected chi connectivity index (χ4v) is 1.25. The molecule has 0 fully saturated rings. The second-order valence-electron chi connectivity index (χ2n) is 2.90. The minimum atomic E-state index is 0.0294. The van der Waals surface area contributed by atoms with Gasteiger partial charge in [-0.05, 0) is 12.1 Å². The van der Waals surface area contributed by atoms with E-state index in [9.17, 15) is 4.79 Å². The molecule has 1 rings (SSSR count). The van der Waals surface area contributed by atoms with Gasteiger partial charge in [-0.25, -0.2) is 0 Å². The molecule has 0 saturated carbocycles. The van der Waals surface area contributed by atoms with Crippen molar-refractivity contribution in [2.24, 2.45) is 7.05 Å². The molecule has 1 heterocycles. The number of aryl methyl sites for hydroxylation is 1. The molecule has 1 aromatic heterocycles. The average molecular weight is 178 g/mol. The number of anilines is 1. The molecule has 1 aromatic rings. The molecule has 3 nitrogen and oxygen atoms in total. The highest BCUT2D eigenvalue weighted by Crippen LogP contribution is 2.13. The third kappa shape index (κ3) is 1.99. The molecule has 0 bridgehead atoms. The van der Waals surface area contributed by atoms with Crippen LogP contribution in [0, 0.1) is 0 Å². The summed E-state index contributed by atoms with van der Waals surface area (Å²) in [6, 6.07) is 3.82. The van der Waals surface area contributed by atoms with Crippen molar-refractivity contribution < 1.29 is 4.79 Å². The van der Waals surface area contributed by atoms with E-state index in [1.54, 1.807) is 17.9 Å². The van der Waals surface area contributed by atoms with Crippen LogP contribution < -0.4 is 4.90 Å². The summed E-state index contributed by atoms with van der Waals surface area (Å²) in [5, 5.41) is 0. The van der Waals surface area contributed by atoms with Gasteiger partial charge in [0.05, 0.1) is 0 Å². The number of amides is 1. The molecule has 0 unspecified atom stereocenters. The summed E-state index contributed by atoms with van der Waals surface area (Å²) < 4.78 is 1.91. The number of hydrogen-bond acceptors (Lipinski definition) is 1. The van der Waals surface area contributed by atoms with E-state index in [0.29, 0.717) is 6.54 Å². The van der Waals surface area contributed by atoms with Crippen LogP contribution in [0.3, 0.4) is 0 Å². The van der Waals surface area contributed by atoms with Crippen LogP contribution in [-0.4, -0.2) is 17.0 Å². The van der Waals surface area contributed by atoms with Gasteiger partial charge in [0.25, 0.3) is 0 Å². The van der Waals surface area contributed by atoms with E-state index >= 15 is 0 Å². The molecule has 1 amide bonds. The van der Waals surface area contributed by atoms with E-state index in [2.05, 4.69) is 6.58 Å². The highest BCUT2D eigenvalue weighted by atomic mass is 16.2. The maximum absolute atomic E-state index is 11.2. The molecule has 0 aromatic carbocycles. The van der Waals surface area contributed by atoms with E-state index in [1.807, 2.05) is 29.9 Å². The minimum Gasteiger partial charge on any atom is -0.337 e. The molecule has 0 N–H and O–H groups in total. The lowest BCUT2D eigenvalue weighted by Gasteiger charge is -2.19. The van der Waals surface area contributed by atoms with Crippen molar-refractivity contribution in [3.8, 4) is 0 Å². The van der Waals surface area contributed by atoms with Gasteiger partial charge < -0.3 is 4.57 Å². The Balaban J connectivity index is 2.94. The Morgan fingerprint density at radius 3 is 2.85 bits per heavy atom. The first-order valence-corrected chi connectivity index (χ1v) is 4.17. The van der Waals surface area contributed by atoms with Crippen LogP contribution >= 0.6 is 0 Å². The zero-order valence-electron chi connectivity index (χ0n) is 8.03. The first-order chi connectivity index (χ1) is 6.16. The first kappa shape index (κ1) is 9.58. The first-order valence-electron chi connectivity index (χ1n) is 4.17. The van der Waals surface area contributed by atoms with Crippen LogP contribution in [0.25, 0.3) is 0 Å². The number of carbonyl (C=O) groups is 1. The minimum absolute atomic E-state index is 0.0294. The molecule has 0 aliphatic heterocycles. The molecule has 0 aliphatic rings. The summed E-state index contributed by atoms with van der Waals surface area (Å²) in [6.07, 6.45) is 3.63. The Bertz CT molecular complexity index is 314. The lowest BCUT2D eigenvalue weighted by Crippen LogP contribution is -2.29. The van der Waals surface area contributed by atoms with E-state index in [-0.39, 0.29) is 5.91 Å². The molecule has 0 radical (unpaired) electrons. The van der Waals surface area contributed by atoms with Gasteiger partial charge in [-0.2, -0.15) is 0 Å². The number of nitrogens with zero attached hydrogens (tertiary/aromatic N) is 2. The SMILES string of the molecule is C=CCN(C(C)=O)c1cccn1C. The zero-order chi connectivity index (χ0) is 9.84. The largest absolute Gasteiger partial charge is 0.337 e. The molecule has 0 spiro atoms. The smallest absolute Gasteiger partial charge is 0.225 e. The monoisotopic (exact) mass is 178 g/mol. The predicted octanol–water partition coefficient (Wildman–Crippen LogP) is 1.56. The van der Waals surface area contributed by atoms with E-state index in [0.717, 1.165) is 5.82 Å². The Labute approximate surface area is 78.3 Å². The summed E-state index contributed by atoms with van der Waals surface area (Å²) in [4.78, 5) is 12.9. The second kappa shape index (κ2) is 3.94. The lowest BCUT2D eigenvalue weighted by molar-refractivity contribution is -0.116. The number of rotatable bonds is 3. The van der Waals surface area contributed by atoms with Crippen molar-refractivity contribution >= 4 is 11.7 Å². The van der Waals surface area contributed by atoms with Gasteiger partial charge >= 0.3 is 0 Å². The van der Waals surface area contributed by atoms with Gasteiger partial charge in [-0.1, -0.05) is 6.08 Å². The quantitative estimate of drug-likeness (QED) is 0.645. The summed E-state index contributed by atoms with van der Waals surface area (Å²) in [5.41, 5.74) is 0. The van der Waals surface area contributed by atoms with Crippen molar-refractivity contribution in [3.05, 3.63) is 31.0 Å². The summed E-state index contributed by atoms with van der Waals surface area (Å²) in [6.45, 7) is 5.72. The summed E-state index contributed by atoms with van der Waals surface area (Å²) in [7, 11) is 1.91. The fourth-order valence-electron chi connectivity index (χ4n) is 1.25. The van der Waals surface area contributed by atoms with Crippen molar-refractivity contribution in [2.75, 3.05) is 11.4 Å². The van der Waals surface area contributed by atoms with Crippen LogP contribution in [0.5, 0.6) is 0 Å². The zero-order valence-corrected chi connectivity index (χ0v) is 8.03. The molecule has 70 valence electrons. The van der Waals surface area contributed by atoms with Gasteiger partial charge in [0, 0.05) is 26.7 Å². The third-order valence-electron chi connectivity index (χ3n) is 1.88. The number of hydrogen-bond donors (Lipinski definition) is 0. The van der Waals surface area contributed by atoms with Crippen LogP contribution in [0.15, 0.2) is 31.0 Å². The van der Waals surface area contributed by atoms with Crippen LogP contribution in [-0.2, 0) is 11.8 Å². The van der Waals surface area contributed by atoms with Crippen LogP contribution in [0.2, 0.25) is 0 Å². The highest BCUT2D eigenvalue weighted by Gasteiger charge is 2.11. The maximum atomic E-state index is 11.2. The summed E-state index contributed by atoms with van der Waals surface area (Å²) >= 11 is 0. The average Bonchev–Trinajstić information content (AvgIpc) is 2.47. The molecule has 0 atom stereocenters. The Kier molecular flexibility index (Phi) is 2.90. The topological polar surface area (TPSA) is 25.2 Å². The third-order valence-corrected chi connectivity index (χ3v) is 1.88. The van der Waals surface area contributed by atoms with Crippen LogP contribution in [0.1, 0.15) is 6.92 Å². The molecule has 0 aliphatic carbocycles. The lowest BCUT2D eigenvalue weighted by atomic mass is 10.4. The van der Waals surface area contributed by atoms with Crippen molar-refractivity contribution in [3.63, 3.8) is 0 Å². The molecule has 3 heteroatoms. The van der Waals surface area contributed by atoms with Crippen LogP contribution in [0.4, 0.5) is 5.82 Å². The molecular weight excluding hydrogens is 164 g/mol. The van der Waals surface area contributed by atoms with Crippen molar-refractivity contribution in [1.29, 1.82) is 0 Å². The number of aromatic nitrogens is 1. The summed E-state index contributed by atoms with van der Waals surface area (Å²) in [5.74, 6) is 0.925. The van der Waals surface area contributed by atoms with E-state index < -0.39 is 0 Å². The maximum Gasteiger partial charge on any atom is 0.225 e. The van der Waals surface area contributed by atoms with Crippen molar-refractivity contribution in [1.82, 2.24) is 4.57 Å². The normalized spacial score (nSPS) is 9.69.